The molecule has 0 aliphatic carbocycles. The first-order valence-electron chi connectivity index (χ1n) is 5.09. The molecule has 5 heteroatoms. The van der Waals surface area contributed by atoms with Crippen LogP contribution in [0.4, 0.5) is 5.69 Å². The summed E-state index contributed by atoms with van der Waals surface area (Å²) < 4.78 is 0. The minimum atomic E-state index is -0.0676. The van der Waals surface area contributed by atoms with E-state index in [1.165, 1.54) is 6.92 Å². The Morgan fingerprint density at radius 3 is 3.06 bits per heavy atom. The number of carbonyl (C=O) groups excluding carboxylic acids is 1. The summed E-state index contributed by atoms with van der Waals surface area (Å²) in [5, 5.41) is 3.66. The average molecular weight is 235 g/mol. The van der Waals surface area contributed by atoms with Gasteiger partial charge >= 0.3 is 0 Å². The molecule has 0 fully saturated rings. The largest absolute Gasteiger partial charge is 0.333 e. The monoisotopic (exact) mass is 235 g/mol. The summed E-state index contributed by atoms with van der Waals surface area (Å²) in [4.78, 5) is 18.5. The highest BCUT2D eigenvalue weighted by atomic mass is 32.2. The Hall–Kier alpha value is -1.49. The van der Waals surface area contributed by atoms with Crippen LogP contribution < -0.4 is 5.32 Å². The van der Waals surface area contributed by atoms with E-state index in [-0.39, 0.29) is 5.91 Å². The zero-order valence-electron chi connectivity index (χ0n) is 9.20. The van der Waals surface area contributed by atoms with Crippen LogP contribution in [-0.4, -0.2) is 21.6 Å². The number of amides is 1. The van der Waals surface area contributed by atoms with E-state index in [0.717, 1.165) is 27.6 Å². The molecule has 0 aliphatic heterocycles. The molecule has 0 spiro atoms. The Morgan fingerprint density at radius 1 is 1.56 bits per heavy atom. The summed E-state index contributed by atoms with van der Waals surface area (Å²) in [6.45, 7) is 3.58. The summed E-state index contributed by atoms with van der Waals surface area (Å²) in [6.07, 6.45) is 0. The maximum absolute atomic E-state index is 10.9. The van der Waals surface area contributed by atoms with Crippen molar-refractivity contribution in [1.82, 2.24) is 9.97 Å². The molecule has 4 nitrogen and oxygen atoms in total. The van der Waals surface area contributed by atoms with E-state index >= 15 is 0 Å². The second kappa shape index (κ2) is 4.57. The lowest BCUT2D eigenvalue weighted by Gasteiger charge is -2.00. The first-order chi connectivity index (χ1) is 7.69. The van der Waals surface area contributed by atoms with E-state index in [4.69, 9.17) is 0 Å². The van der Waals surface area contributed by atoms with Gasteiger partial charge in [-0.3, -0.25) is 4.79 Å². The molecule has 1 amide bonds. The first kappa shape index (κ1) is 11.0. The molecule has 0 bridgehead atoms. The van der Waals surface area contributed by atoms with Gasteiger partial charge in [0.25, 0.3) is 0 Å². The quantitative estimate of drug-likeness (QED) is 0.804. The molecule has 0 saturated heterocycles. The fourth-order valence-corrected chi connectivity index (χ4v) is 2.09. The zero-order valence-corrected chi connectivity index (χ0v) is 10.0. The molecular formula is C11H13N3OS. The number of fused-ring (bicyclic) bond motifs is 1. The van der Waals surface area contributed by atoms with Crippen LogP contribution in [0.25, 0.3) is 11.0 Å². The molecule has 2 aromatic rings. The van der Waals surface area contributed by atoms with E-state index < -0.39 is 0 Å². The van der Waals surface area contributed by atoms with Crippen molar-refractivity contribution in [1.29, 1.82) is 0 Å². The number of H-pyrrole nitrogens is 1. The van der Waals surface area contributed by atoms with Crippen molar-refractivity contribution in [3.63, 3.8) is 0 Å². The number of rotatable bonds is 3. The maximum Gasteiger partial charge on any atom is 0.221 e. The van der Waals surface area contributed by atoms with E-state index in [2.05, 4.69) is 22.2 Å². The fraction of sp³-hybridized carbons (Fsp3) is 0.273. The highest BCUT2D eigenvalue weighted by Gasteiger charge is 2.03. The third kappa shape index (κ3) is 2.36. The van der Waals surface area contributed by atoms with Gasteiger partial charge in [-0.15, -0.1) is 0 Å². The SMILES string of the molecule is CCSc1nc2ccc(NC(C)=O)cc2[nH]1. The Kier molecular flexibility index (Phi) is 3.14. The molecular weight excluding hydrogens is 222 g/mol. The Bertz CT molecular complexity index is 521. The normalized spacial score (nSPS) is 10.6. The molecule has 1 heterocycles. The molecule has 0 atom stereocenters. The van der Waals surface area contributed by atoms with Gasteiger partial charge in [-0.2, -0.15) is 0 Å². The molecule has 0 unspecified atom stereocenters. The molecule has 1 aromatic carbocycles. The van der Waals surface area contributed by atoms with Crippen molar-refractivity contribution >= 4 is 34.4 Å². The van der Waals surface area contributed by atoms with E-state index in [9.17, 15) is 4.79 Å². The highest BCUT2D eigenvalue weighted by Crippen LogP contribution is 2.21. The lowest BCUT2D eigenvalue weighted by Crippen LogP contribution is -2.05. The summed E-state index contributed by atoms with van der Waals surface area (Å²) >= 11 is 1.67. The fourth-order valence-electron chi connectivity index (χ4n) is 1.47. The van der Waals surface area contributed by atoms with Gasteiger partial charge in [-0.25, -0.2) is 4.98 Å². The van der Waals surface area contributed by atoms with Gasteiger partial charge in [0.05, 0.1) is 11.0 Å². The van der Waals surface area contributed by atoms with Crippen molar-refractivity contribution in [2.24, 2.45) is 0 Å². The van der Waals surface area contributed by atoms with Crippen molar-refractivity contribution in [2.45, 2.75) is 19.0 Å². The van der Waals surface area contributed by atoms with Gasteiger partial charge in [-0.05, 0) is 24.0 Å². The van der Waals surface area contributed by atoms with Crippen molar-refractivity contribution in [2.75, 3.05) is 11.1 Å². The number of carbonyl (C=O) groups is 1. The minimum absolute atomic E-state index is 0.0676. The van der Waals surface area contributed by atoms with E-state index in [1.54, 1.807) is 11.8 Å². The molecule has 84 valence electrons. The number of benzene rings is 1. The number of nitrogens with one attached hydrogen (secondary N) is 2. The van der Waals surface area contributed by atoms with Gasteiger partial charge in [0.1, 0.15) is 0 Å². The van der Waals surface area contributed by atoms with Gasteiger partial charge in [0.15, 0.2) is 5.16 Å². The maximum atomic E-state index is 10.9. The number of imidazole rings is 1. The van der Waals surface area contributed by atoms with Gasteiger partial charge in [-0.1, -0.05) is 18.7 Å². The molecule has 0 radical (unpaired) electrons. The predicted octanol–water partition coefficient (Wildman–Crippen LogP) is 2.63. The van der Waals surface area contributed by atoms with Crippen LogP contribution in [-0.2, 0) is 4.79 Å². The number of hydrogen-bond donors (Lipinski definition) is 2. The predicted molar refractivity (Wildman–Crippen MR) is 66.8 cm³/mol. The summed E-state index contributed by atoms with van der Waals surface area (Å²) in [6, 6.07) is 5.64. The molecule has 0 aliphatic rings. The molecule has 16 heavy (non-hydrogen) atoms. The average Bonchev–Trinajstić information content (AvgIpc) is 2.59. The summed E-state index contributed by atoms with van der Waals surface area (Å²) in [7, 11) is 0. The number of anilines is 1. The van der Waals surface area contributed by atoms with Crippen LogP contribution in [0.5, 0.6) is 0 Å². The summed E-state index contributed by atoms with van der Waals surface area (Å²) in [5.74, 6) is 0.917. The van der Waals surface area contributed by atoms with E-state index in [0.29, 0.717) is 0 Å². The molecule has 2 N–H and O–H groups in total. The lowest BCUT2D eigenvalue weighted by molar-refractivity contribution is -0.114. The lowest BCUT2D eigenvalue weighted by atomic mass is 10.3. The third-order valence-corrected chi connectivity index (χ3v) is 2.82. The molecule has 1 aromatic heterocycles. The van der Waals surface area contributed by atoms with Crippen LogP contribution in [0.2, 0.25) is 0 Å². The van der Waals surface area contributed by atoms with Crippen molar-refractivity contribution in [3.05, 3.63) is 18.2 Å². The smallest absolute Gasteiger partial charge is 0.221 e. The number of thioether (sulfide) groups is 1. The number of nitrogens with zero attached hydrogens (tertiary/aromatic N) is 1. The van der Waals surface area contributed by atoms with E-state index in [1.807, 2.05) is 18.2 Å². The first-order valence-corrected chi connectivity index (χ1v) is 6.07. The summed E-state index contributed by atoms with van der Waals surface area (Å²) in [5.41, 5.74) is 2.66. The second-order valence-corrected chi connectivity index (χ2v) is 4.64. The topological polar surface area (TPSA) is 57.8 Å². The van der Waals surface area contributed by atoms with Crippen molar-refractivity contribution < 1.29 is 4.79 Å². The van der Waals surface area contributed by atoms with Crippen LogP contribution in [0.15, 0.2) is 23.4 Å². The van der Waals surface area contributed by atoms with Gasteiger partial charge in [0.2, 0.25) is 5.91 Å². The van der Waals surface area contributed by atoms with Gasteiger partial charge < -0.3 is 10.3 Å². The van der Waals surface area contributed by atoms with Crippen molar-refractivity contribution in [3.8, 4) is 0 Å². The standard InChI is InChI=1S/C11H13N3OS/c1-3-16-11-13-9-5-4-8(12-7(2)15)6-10(9)14-11/h4-6H,3H2,1-2H3,(H,12,15)(H,13,14). The minimum Gasteiger partial charge on any atom is -0.333 e. The third-order valence-electron chi connectivity index (χ3n) is 2.06. The Balaban J connectivity index is 2.33. The van der Waals surface area contributed by atoms with Crippen LogP contribution in [0, 0.1) is 0 Å². The number of aromatic amines is 1. The Morgan fingerprint density at radius 2 is 2.38 bits per heavy atom. The van der Waals surface area contributed by atoms with Gasteiger partial charge in [0, 0.05) is 12.6 Å². The van der Waals surface area contributed by atoms with Crippen LogP contribution in [0.1, 0.15) is 13.8 Å². The molecule has 2 rings (SSSR count). The van der Waals surface area contributed by atoms with Crippen LogP contribution in [0.3, 0.4) is 0 Å². The second-order valence-electron chi connectivity index (χ2n) is 3.39. The Labute approximate surface area is 97.8 Å². The highest BCUT2D eigenvalue weighted by molar-refractivity contribution is 7.99. The number of hydrogen-bond acceptors (Lipinski definition) is 3. The van der Waals surface area contributed by atoms with Crippen LogP contribution >= 0.6 is 11.8 Å². The molecule has 0 saturated carbocycles. The number of aromatic nitrogens is 2. The zero-order chi connectivity index (χ0) is 11.5.